The van der Waals surface area contributed by atoms with E-state index in [1.807, 2.05) is 17.0 Å². The van der Waals surface area contributed by atoms with Gasteiger partial charge in [0.05, 0.1) is 17.5 Å². The van der Waals surface area contributed by atoms with E-state index < -0.39 is 10.0 Å². The predicted octanol–water partition coefficient (Wildman–Crippen LogP) is 5.39. The van der Waals surface area contributed by atoms with Crippen LogP contribution in [-0.2, 0) is 21.2 Å². The molecule has 1 unspecified atom stereocenters. The van der Waals surface area contributed by atoms with Crippen molar-refractivity contribution in [3.8, 4) is 0 Å². The van der Waals surface area contributed by atoms with E-state index in [1.165, 1.54) is 9.18 Å². The SMILES string of the molecule is Cc1ccccc1C1c2ccsc2CCN1C(=O)CN(C(C)C)S(=O)(=O)c1ccc(Br)cc1. The van der Waals surface area contributed by atoms with Crippen molar-refractivity contribution in [2.45, 2.75) is 44.2 Å². The lowest BCUT2D eigenvalue weighted by Gasteiger charge is -2.38. The molecule has 0 N–H and O–H groups in total. The number of thiophene rings is 1. The Hall–Kier alpha value is -2.00. The summed E-state index contributed by atoms with van der Waals surface area (Å²) in [6.07, 6.45) is 0.780. The van der Waals surface area contributed by atoms with Crippen LogP contribution >= 0.6 is 27.3 Å². The van der Waals surface area contributed by atoms with Gasteiger partial charge in [0, 0.05) is 21.9 Å². The van der Waals surface area contributed by atoms with Crippen LogP contribution < -0.4 is 0 Å². The normalized spacial score (nSPS) is 16.3. The molecule has 33 heavy (non-hydrogen) atoms. The molecule has 1 aliphatic rings. The Morgan fingerprint density at radius 2 is 1.82 bits per heavy atom. The molecule has 1 atom stereocenters. The van der Waals surface area contributed by atoms with Crippen LogP contribution in [0.15, 0.2) is 69.3 Å². The van der Waals surface area contributed by atoms with Crippen LogP contribution in [0.3, 0.4) is 0 Å². The van der Waals surface area contributed by atoms with Gasteiger partial charge in [-0.3, -0.25) is 4.79 Å². The molecule has 4 rings (SSSR count). The smallest absolute Gasteiger partial charge is 0.243 e. The molecule has 0 spiro atoms. The topological polar surface area (TPSA) is 57.7 Å². The monoisotopic (exact) mass is 546 g/mol. The summed E-state index contributed by atoms with van der Waals surface area (Å²) in [5, 5.41) is 2.07. The third kappa shape index (κ3) is 4.80. The average Bonchev–Trinajstić information content (AvgIpc) is 3.26. The van der Waals surface area contributed by atoms with Gasteiger partial charge in [-0.2, -0.15) is 4.31 Å². The molecule has 174 valence electrons. The van der Waals surface area contributed by atoms with E-state index in [-0.39, 0.29) is 29.4 Å². The zero-order valence-electron chi connectivity index (χ0n) is 18.9. The third-order valence-electron chi connectivity index (χ3n) is 6.06. The number of fused-ring (bicyclic) bond motifs is 1. The first-order chi connectivity index (χ1) is 15.7. The van der Waals surface area contributed by atoms with Crippen molar-refractivity contribution < 1.29 is 13.2 Å². The number of aryl methyl sites for hydroxylation is 1. The van der Waals surface area contributed by atoms with Crippen molar-refractivity contribution in [1.82, 2.24) is 9.21 Å². The van der Waals surface area contributed by atoms with Crippen molar-refractivity contribution in [1.29, 1.82) is 0 Å². The van der Waals surface area contributed by atoms with Crippen LogP contribution in [0.2, 0.25) is 0 Å². The molecule has 5 nitrogen and oxygen atoms in total. The summed E-state index contributed by atoms with van der Waals surface area (Å²) in [4.78, 5) is 17.0. The summed E-state index contributed by atoms with van der Waals surface area (Å²) in [5.41, 5.74) is 3.33. The van der Waals surface area contributed by atoms with E-state index in [1.54, 1.807) is 49.4 Å². The van der Waals surface area contributed by atoms with Gasteiger partial charge in [-0.05, 0) is 79.6 Å². The molecule has 0 saturated carbocycles. The van der Waals surface area contributed by atoms with Crippen molar-refractivity contribution >= 4 is 43.2 Å². The Balaban J connectivity index is 1.68. The zero-order chi connectivity index (χ0) is 23.8. The third-order valence-corrected chi connectivity index (χ3v) is 9.62. The second kappa shape index (κ2) is 9.70. The highest BCUT2D eigenvalue weighted by atomic mass is 79.9. The van der Waals surface area contributed by atoms with Crippen molar-refractivity contribution in [2.75, 3.05) is 13.1 Å². The van der Waals surface area contributed by atoms with E-state index in [0.29, 0.717) is 6.54 Å². The molecule has 1 amide bonds. The summed E-state index contributed by atoms with van der Waals surface area (Å²) in [5.74, 6) is -0.186. The number of hydrogen-bond donors (Lipinski definition) is 0. The van der Waals surface area contributed by atoms with Gasteiger partial charge in [0.2, 0.25) is 15.9 Å². The van der Waals surface area contributed by atoms with Gasteiger partial charge in [0.1, 0.15) is 0 Å². The number of amides is 1. The van der Waals surface area contributed by atoms with E-state index in [9.17, 15) is 13.2 Å². The molecule has 0 radical (unpaired) electrons. The second-order valence-corrected chi connectivity index (χ2v) is 12.3. The van der Waals surface area contributed by atoms with Gasteiger partial charge >= 0.3 is 0 Å². The van der Waals surface area contributed by atoms with Gasteiger partial charge in [0.15, 0.2) is 0 Å². The largest absolute Gasteiger partial charge is 0.330 e. The Morgan fingerprint density at radius 3 is 2.48 bits per heavy atom. The molecule has 8 heteroatoms. The number of hydrogen-bond acceptors (Lipinski definition) is 4. The number of rotatable bonds is 6. The summed E-state index contributed by atoms with van der Waals surface area (Å²) >= 11 is 5.06. The minimum absolute atomic E-state index is 0.182. The predicted molar refractivity (Wildman–Crippen MR) is 136 cm³/mol. The maximum atomic E-state index is 13.7. The number of carbonyl (C=O) groups is 1. The summed E-state index contributed by atoms with van der Waals surface area (Å²) in [6.45, 7) is 6.02. The number of carbonyl (C=O) groups excluding carboxylic acids is 1. The Morgan fingerprint density at radius 1 is 1.12 bits per heavy atom. The van der Waals surface area contributed by atoms with Gasteiger partial charge in [-0.1, -0.05) is 40.2 Å². The van der Waals surface area contributed by atoms with Gasteiger partial charge in [-0.15, -0.1) is 11.3 Å². The van der Waals surface area contributed by atoms with E-state index >= 15 is 0 Å². The second-order valence-electron chi connectivity index (χ2n) is 8.49. The van der Waals surface area contributed by atoms with Crippen LogP contribution in [0, 0.1) is 6.92 Å². The molecule has 0 bridgehead atoms. The van der Waals surface area contributed by atoms with Gasteiger partial charge in [-0.25, -0.2) is 8.42 Å². The van der Waals surface area contributed by atoms with Crippen LogP contribution in [0.4, 0.5) is 0 Å². The molecule has 0 fully saturated rings. The van der Waals surface area contributed by atoms with Crippen molar-refractivity contribution in [3.05, 3.63) is 86.0 Å². The highest BCUT2D eigenvalue weighted by molar-refractivity contribution is 9.10. The maximum absolute atomic E-state index is 13.7. The Bertz CT molecular complexity index is 1250. The van der Waals surface area contributed by atoms with Crippen molar-refractivity contribution in [3.63, 3.8) is 0 Å². The number of halogens is 1. The molecular weight excluding hydrogens is 520 g/mol. The van der Waals surface area contributed by atoms with Crippen molar-refractivity contribution in [2.24, 2.45) is 0 Å². The van der Waals surface area contributed by atoms with Crippen LogP contribution in [-0.4, -0.2) is 42.7 Å². The first kappa shape index (κ1) is 24.1. The molecule has 0 saturated heterocycles. The Labute approximate surface area is 208 Å². The summed E-state index contributed by atoms with van der Waals surface area (Å²) in [6, 6.07) is 16.1. The lowest BCUT2D eigenvalue weighted by Crippen LogP contribution is -2.48. The lowest BCUT2D eigenvalue weighted by atomic mass is 9.90. The molecule has 2 heterocycles. The van der Waals surface area contributed by atoms with E-state index in [2.05, 4.69) is 46.4 Å². The molecule has 1 aromatic heterocycles. The average molecular weight is 548 g/mol. The number of nitrogens with zero attached hydrogens (tertiary/aromatic N) is 2. The first-order valence-electron chi connectivity index (χ1n) is 10.9. The highest BCUT2D eigenvalue weighted by Gasteiger charge is 2.36. The standard InChI is InChI=1S/C25H27BrN2O3S2/c1-17(2)28(33(30,31)20-10-8-19(26)9-11-20)16-24(29)27-14-12-23-22(13-15-32-23)25(27)21-7-5-4-6-18(21)3/h4-11,13,15,17,25H,12,14,16H2,1-3H3. The minimum Gasteiger partial charge on any atom is -0.330 e. The summed E-state index contributed by atoms with van der Waals surface area (Å²) in [7, 11) is -3.82. The number of sulfonamides is 1. The van der Waals surface area contributed by atoms with Crippen LogP contribution in [0.25, 0.3) is 0 Å². The maximum Gasteiger partial charge on any atom is 0.243 e. The molecule has 1 aliphatic heterocycles. The quantitative estimate of drug-likeness (QED) is 0.416. The van der Waals surface area contributed by atoms with E-state index in [4.69, 9.17) is 0 Å². The fraction of sp³-hybridized carbons (Fsp3) is 0.320. The molecular formula is C25H27BrN2O3S2. The fourth-order valence-corrected chi connectivity index (χ4v) is 7.08. The molecule has 0 aliphatic carbocycles. The van der Waals surface area contributed by atoms with E-state index in [0.717, 1.165) is 27.6 Å². The van der Waals surface area contributed by atoms with Crippen LogP contribution in [0.1, 0.15) is 41.5 Å². The van der Waals surface area contributed by atoms with Gasteiger partial charge < -0.3 is 4.90 Å². The lowest BCUT2D eigenvalue weighted by molar-refractivity contribution is -0.133. The fourth-order valence-electron chi connectivity index (χ4n) is 4.33. The molecule has 2 aromatic carbocycles. The van der Waals surface area contributed by atoms with Gasteiger partial charge in [0.25, 0.3) is 0 Å². The highest BCUT2D eigenvalue weighted by Crippen LogP contribution is 2.39. The minimum atomic E-state index is -3.82. The summed E-state index contributed by atoms with van der Waals surface area (Å²) < 4.78 is 28.9. The first-order valence-corrected chi connectivity index (χ1v) is 14.0. The number of benzene rings is 2. The van der Waals surface area contributed by atoms with Crippen LogP contribution in [0.5, 0.6) is 0 Å². The molecule has 3 aromatic rings. The zero-order valence-corrected chi connectivity index (χ0v) is 22.1. The Kier molecular flexibility index (Phi) is 7.09.